The van der Waals surface area contributed by atoms with E-state index in [2.05, 4.69) is 10.1 Å². The van der Waals surface area contributed by atoms with E-state index in [1.807, 2.05) is 37.6 Å². The van der Waals surface area contributed by atoms with Gasteiger partial charge in [-0.15, -0.1) is 0 Å². The van der Waals surface area contributed by atoms with E-state index in [4.69, 9.17) is 11.6 Å². The molecule has 2 aromatic heterocycles. The summed E-state index contributed by atoms with van der Waals surface area (Å²) in [6.45, 7) is 4.54. The molecule has 2 heterocycles. The van der Waals surface area contributed by atoms with Gasteiger partial charge in [0.25, 0.3) is 5.91 Å². The number of fused-ring (bicyclic) bond motifs is 1. The molecule has 0 spiro atoms. The van der Waals surface area contributed by atoms with E-state index < -0.39 is 0 Å². The van der Waals surface area contributed by atoms with E-state index in [0.717, 1.165) is 15.8 Å². The number of rotatable bonds is 2. The third-order valence-electron chi connectivity index (χ3n) is 3.58. The molecule has 0 aliphatic carbocycles. The molecule has 0 aliphatic heterocycles. The first-order valence-electron chi connectivity index (χ1n) is 6.88. The van der Waals surface area contributed by atoms with Gasteiger partial charge in [0.15, 0.2) is 4.80 Å². The fourth-order valence-corrected chi connectivity index (χ4v) is 3.65. The first-order chi connectivity index (χ1) is 10.5. The van der Waals surface area contributed by atoms with Crippen LogP contribution in [0.5, 0.6) is 0 Å². The van der Waals surface area contributed by atoms with Gasteiger partial charge in [0.1, 0.15) is 5.69 Å². The third kappa shape index (κ3) is 2.38. The Morgan fingerprint density at radius 1 is 1.41 bits per heavy atom. The molecule has 0 radical (unpaired) electrons. The van der Waals surface area contributed by atoms with Crippen molar-refractivity contribution in [2.24, 2.45) is 12.0 Å². The molecule has 114 valence electrons. The van der Waals surface area contributed by atoms with E-state index in [1.165, 1.54) is 11.3 Å². The van der Waals surface area contributed by atoms with Gasteiger partial charge < -0.3 is 4.57 Å². The van der Waals surface area contributed by atoms with Gasteiger partial charge >= 0.3 is 0 Å². The SMILES string of the molecule is CCn1nccc1C(=O)N=c1sc2ccc(Cl)c(C)c2n1C. The van der Waals surface area contributed by atoms with Crippen molar-refractivity contribution >= 4 is 39.1 Å². The number of nitrogens with zero attached hydrogens (tertiary/aromatic N) is 4. The van der Waals surface area contributed by atoms with Crippen molar-refractivity contribution < 1.29 is 4.79 Å². The molecule has 0 bridgehead atoms. The number of aryl methyl sites for hydroxylation is 3. The number of halogens is 1. The van der Waals surface area contributed by atoms with Gasteiger partial charge in [-0.3, -0.25) is 9.48 Å². The van der Waals surface area contributed by atoms with Gasteiger partial charge in [-0.25, -0.2) is 0 Å². The third-order valence-corrected chi connectivity index (χ3v) is 5.09. The minimum atomic E-state index is -0.287. The Bertz CT molecular complexity index is 935. The first kappa shape index (κ1) is 15.0. The second kappa shape index (κ2) is 5.70. The number of amides is 1. The highest BCUT2D eigenvalue weighted by Crippen LogP contribution is 2.26. The largest absolute Gasteiger partial charge is 0.319 e. The van der Waals surface area contributed by atoms with Gasteiger partial charge in [0.05, 0.1) is 10.2 Å². The summed E-state index contributed by atoms with van der Waals surface area (Å²) in [6.07, 6.45) is 1.61. The van der Waals surface area contributed by atoms with Crippen molar-refractivity contribution in [1.29, 1.82) is 0 Å². The summed E-state index contributed by atoms with van der Waals surface area (Å²) in [7, 11) is 1.89. The minimum Gasteiger partial charge on any atom is -0.319 e. The maximum atomic E-state index is 12.4. The second-order valence-corrected chi connectivity index (χ2v) is 6.33. The first-order valence-corrected chi connectivity index (χ1v) is 8.08. The lowest BCUT2D eigenvalue weighted by Gasteiger charge is -2.02. The highest BCUT2D eigenvalue weighted by molar-refractivity contribution is 7.16. The molecular formula is C15H15ClN4OS. The Labute approximate surface area is 136 Å². The van der Waals surface area contributed by atoms with Crippen LogP contribution < -0.4 is 4.80 Å². The summed E-state index contributed by atoms with van der Waals surface area (Å²) < 4.78 is 4.60. The number of thiazole rings is 1. The summed E-state index contributed by atoms with van der Waals surface area (Å²) >= 11 is 7.65. The van der Waals surface area contributed by atoms with Crippen molar-refractivity contribution in [3.63, 3.8) is 0 Å². The second-order valence-electron chi connectivity index (χ2n) is 4.91. The van der Waals surface area contributed by atoms with Crippen LogP contribution in [0.3, 0.4) is 0 Å². The highest BCUT2D eigenvalue weighted by Gasteiger charge is 2.12. The van der Waals surface area contributed by atoms with Crippen LogP contribution in [0, 0.1) is 6.92 Å². The lowest BCUT2D eigenvalue weighted by molar-refractivity contribution is 0.0988. The molecule has 0 saturated carbocycles. The van der Waals surface area contributed by atoms with Crippen molar-refractivity contribution in [3.8, 4) is 0 Å². The maximum Gasteiger partial charge on any atom is 0.297 e. The van der Waals surface area contributed by atoms with Crippen LogP contribution in [0.25, 0.3) is 10.2 Å². The maximum absolute atomic E-state index is 12.4. The zero-order chi connectivity index (χ0) is 15.9. The van der Waals surface area contributed by atoms with Crippen LogP contribution >= 0.6 is 22.9 Å². The molecule has 0 saturated heterocycles. The molecule has 22 heavy (non-hydrogen) atoms. The van der Waals surface area contributed by atoms with E-state index in [1.54, 1.807) is 16.9 Å². The van der Waals surface area contributed by atoms with Gasteiger partial charge in [0.2, 0.25) is 0 Å². The Morgan fingerprint density at radius 2 is 2.18 bits per heavy atom. The Morgan fingerprint density at radius 3 is 2.91 bits per heavy atom. The molecule has 0 aliphatic rings. The lowest BCUT2D eigenvalue weighted by Crippen LogP contribution is -2.16. The Hall–Kier alpha value is -1.92. The fraction of sp³-hybridized carbons (Fsp3) is 0.267. The lowest BCUT2D eigenvalue weighted by atomic mass is 10.2. The summed E-state index contributed by atoms with van der Waals surface area (Å²) in [5, 5.41) is 4.81. The summed E-state index contributed by atoms with van der Waals surface area (Å²) in [5.41, 5.74) is 2.49. The summed E-state index contributed by atoms with van der Waals surface area (Å²) in [5.74, 6) is -0.287. The number of benzene rings is 1. The molecule has 3 rings (SSSR count). The molecule has 0 N–H and O–H groups in total. The molecule has 0 atom stereocenters. The quantitative estimate of drug-likeness (QED) is 0.723. The van der Waals surface area contributed by atoms with Crippen molar-refractivity contribution in [2.75, 3.05) is 0 Å². The minimum absolute atomic E-state index is 0.287. The Balaban J connectivity index is 2.16. The average molecular weight is 335 g/mol. The number of carbonyl (C=O) groups is 1. The van der Waals surface area contributed by atoms with Crippen LogP contribution in [-0.4, -0.2) is 20.3 Å². The molecule has 7 heteroatoms. The van der Waals surface area contributed by atoms with Gasteiger partial charge in [-0.05, 0) is 37.6 Å². The standard InChI is InChI=1S/C15H15ClN4OS/c1-4-20-11(7-8-17-20)14(21)18-15-19(3)13-9(2)10(16)5-6-12(13)22-15/h5-8H,4H2,1-3H3. The van der Waals surface area contributed by atoms with Gasteiger partial charge in [-0.2, -0.15) is 10.1 Å². The van der Waals surface area contributed by atoms with Crippen LogP contribution in [0.2, 0.25) is 5.02 Å². The van der Waals surface area contributed by atoms with Crippen LogP contribution in [0.4, 0.5) is 0 Å². The monoisotopic (exact) mass is 334 g/mol. The van der Waals surface area contributed by atoms with Crippen molar-refractivity contribution in [2.45, 2.75) is 20.4 Å². The molecule has 5 nitrogen and oxygen atoms in total. The number of carbonyl (C=O) groups excluding carboxylic acids is 1. The molecule has 3 aromatic rings. The van der Waals surface area contributed by atoms with E-state index in [0.29, 0.717) is 22.1 Å². The van der Waals surface area contributed by atoms with E-state index in [9.17, 15) is 4.79 Å². The zero-order valence-corrected chi connectivity index (χ0v) is 14.1. The number of aromatic nitrogens is 3. The number of hydrogen-bond acceptors (Lipinski definition) is 3. The van der Waals surface area contributed by atoms with E-state index >= 15 is 0 Å². The Kier molecular flexibility index (Phi) is 3.88. The highest BCUT2D eigenvalue weighted by atomic mass is 35.5. The smallest absolute Gasteiger partial charge is 0.297 e. The van der Waals surface area contributed by atoms with Crippen LogP contribution in [-0.2, 0) is 13.6 Å². The predicted octanol–water partition coefficient (Wildman–Crippen LogP) is 3.16. The molecule has 0 unspecified atom stereocenters. The van der Waals surface area contributed by atoms with Gasteiger partial charge in [0, 0.05) is 24.8 Å². The molecule has 0 fully saturated rings. The van der Waals surface area contributed by atoms with Crippen LogP contribution in [0.15, 0.2) is 29.4 Å². The number of hydrogen-bond donors (Lipinski definition) is 0. The predicted molar refractivity (Wildman–Crippen MR) is 88.3 cm³/mol. The van der Waals surface area contributed by atoms with E-state index in [-0.39, 0.29) is 5.91 Å². The molecule has 1 aromatic carbocycles. The van der Waals surface area contributed by atoms with Gasteiger partial charge in [-0.1, -0.05) is 22.9 Å². The summed E-state index contributed by atoms with van der Waals surface area (Å²) in [6, 6.07) is 5.51. The molecular weight excluding hydrogens is 320 g/mol. The summed E-state index contributed by atoms with van der Waals surface area (Å²) in [4.78, 5) is 17.3. The average Bonchev–Trinajstić information content (AvgIpc) is 3.09. The van der Waals surface area contributed by atoms with Crippen molar-refractivity contribution in [1.82, 2.24) is 14.3 Å². The normalized spacial score (nSPS) is 12.3. The topological polar surface area (TPSA) is 52.2 Å². The zero-order valence-electron chi connectivity index (χ0n) is 12.5. The van der Waals surface area contributed by atoms with Crippen LogP contribution in [0.1, 0.15) is 23.0 Å². The fourth-order valence-electron chi connectivity index (χ4n) is 2.42. The van der Waals surface area contributed by atoms with Crippen molar-refractivity contribution in [3.05, 3.63) is 45.5 Å². The molecule has 1 amide bonds.